The summed E-state index contributed by atoms with van der Waals surface area (Å²) in [6, 6.07) is 0. The maximum Gasteiger partial charge on any atom is 0.309 e. The molecule has 3 atom stereocenters. The molecule has 3 heterocycles. The normalized spacial score (nSPS) is 24.7. The lowest BCUT2D eigenvalue weighted by Gasteiger charge is -2.36. The number of carbonyl (C=O) groups excluding carboxylic acids is 2. The minimum atomic E-state index is -3.74. The van der Waals surface area contributed by atoms with Crippen LogP contribution in [0.15, 0.2) is 9.42 Å². The van der Waals surface area contributed by atoms with E-state index in [9.17, 15) is 18.0 Å². The summed E-state index contributed by atoms with van der Waals surface area (Å²) in [6.07, 6.45) is -0.379. The zero-order valence-electron chi connectivity index (χ0n) is 18.7. The van der Waals surface area contributed by atoms with E-state index in [0.29, 0.717) is 31.6 Å². The number of carbonyl (C=O) groups is 2. The van der Waals surface area contributed by atoms with E-state index in [1.165, 1.54) is 4.31 Å². The second-order valence-electron chi connectivity index (χ2n) is 8.41. The minimum Gasteiger partial charge on any atom is -0.452 e. The molecule has 0 aromatic carbocycles. The number of amides is 1. The van der Waals surface area contributed by atoms with E-state index in [2.05, 4.69) is 5.16 Å². The van der Waals surface area contributed by atoms with Crippen LogP contribution in [0.4, 0.5) is 0 Å². The molecule has 174 valence electrons. The highest BCUT2D eigenvalue weighted by molar-refractivity contribution is 7.89. The molecule has 3 unspecified atom stereocenters. The number of ether oxygens (including phenoxy) is 2. The van der Waals surface area contributed by atoms with Crippen LogP contribution in [0.25, 0.3) is 0 Å². The Hall–Kier alpha value is -1.98. The number of esters is 1. The van der Waals surface area contributed by atoms with Crippen molar-refractivity contribution < 1.29 is 32.0 Å². The quantitative estimate of drug-likeness (QED) is 0.606. The van der Waals surface area contributed by atoms with E-state index in [-0.39, 0.29) is 41.9 Å². The first-order valence-corrected chi connectivity index (χ1v) is 12.0. The number of aryl methyl sites for hydroxylation is 2. The van der Waals surface area contributed by atoms with Gasteiger partial charge in [0.1, 0.15) is 10.6 Å². The van der Waals surface area contributed by atoms with Crippen LogP contribution in [0, 0.1) is 19.8 Å². The lowest BCUT2D eigenvalue weighted by molar-refractivity contribution is -0.167. The third-order valence-electron chi connectivity index (χ3n) is 5.72. The summed E-state index contributed by atoms with van der Waals surface area (Å²) in [5, 5.41) is 3.72. The molecule has 11 heteroatoms. The SMILES string of the molecule is Cc1noc(C)c1S(=O)(=O)N1CCC(C(=O)OC(C)C(=O)N2CC(C)OC(C)C2)CC1. The highest BCUT2D eigenvalue weighted by Gasteiger charge is 2.37. The van der Waals surface area contributed by atoms with Crippen molar-refractivity contribution in [3.05, 3.63) is 11.5 Å². The standard InChI is InChI=1S/C20H31N3O7S/c1-12-10-22(11-13(2)28-12)19(24)16(5)29-20(25)17-6-8-23(9-7-17)31(26,27)18-14(3)21-30-15(18)4/h12-13,16-17H,6-11H2,1-5H3. The van der Waals surface area contributed by atoms with Gasteiger partial charge < -0.3 is 18.9 Å². The molecular weight excluding hydrogens is 426 g/mol. The fourth-order valence-electron chi connectivity index (χ4n) is 4.24. The molecule has 2 fully saturated rings. The maximum atomic E-state index is 12.9. The van der Waals surface area contributed by atoms with Crippen molar-refractivity contribution in [2.24, 2.45) is 5.92 Å². The second kappa shape index (κ2) is 9.25. The number of sulfonamides is 1. The number of hydrogen-bond acceptors (Lipinski definition) is 8. The topological polar surface area (TPSA) is 119 Å². The Kier molecular flexibility index (Phi) is 7.07. The third kappa shape index (κ3) is 5.09. The second-order valence-corrected chi connectivity index (χ2v) is 10.3. The van der Waals surface area contributed by atoms with E-state index in [4.69, 9.17) is 14.0 Å². The van der Waals surface area contributed by atoms with Gasteiger partial charge in [0.05, 0.1) is 18.1 Å². The summed E-state index contributed by atoms with van der Waals surface area (Å²) in [5.41, 5.74) is 0.318. The van der Waals surface area contributed by atoms with Crippen LogP contribution < -0.4 is 0 Å². The lowest BCUT2D eigenvalue weighted by atomic mass is 9.98. The third-order valence-corrected chi connectivity index (χ3v) is 7.87. The van der Waals surface area contributed by atoms with E-state index in [0.717, 1.165) is 0 Å². The molecule has 0 spiro atoms. The molecule has 3 rings (SSSR count). The van der Waals surface area contributed by atoms with Gasteiger partial charge in [-0.15, -0.1) is 0 Å². The first-order valence-electron chi connectivity index (χ1n) is 10.6. The molecule has 2 saturated heterocycles. The Balaban J connectivity index is 1.55. The Morgan fingerprint density at radius 1 is 1.13 bits per heavy atom. The Bertz CT molecular complexity index is 892. The van der Waals surface area contributed by atoms with E-state index >= 15 is 0 Å². The predicted molar refractivity (Wildman–Crippen MR) is 110 cm³/mol. The summed E-state index contributed by atoms with van der Waals surface area (Å²) >= 11 is 0. The van der Waals surface area contributed by atoms with Crippen molar-refractivity contribution >= 4 is 21.9 Å². The van der Waals surface area contributed by atoms with Gasteiger partial charge >= 0.3 is 5.97 Å². The van der Waals surface area contributed by atoms with Crippen molar-refractivity contribution in [2.75, 3.05) is 26.2 Å². The number of piperidine rings is 1. The Labute approximate surface area is 182 Å². The minimum absolute atomic E-state index is 0.0698. The zero-order chi connectivity index (χ0) is 22.9. The average molecular weight is 458 g/mol. The van der Waals surface area contributed by atoms with Crippen molar-refractivity contribution in [3.63, 3.8) is 0 Å². The lowest BCUT2D eigenvalue weighted by Crippen LogP contribution is -2.51. The molecule has 0 saturated carbocycles. The molecule has 0 N–H and O–H groups in total. The van der Waals surface area contributed by atoms with Crippen LogP contribution >= 0.6 is 0 Å². The smallest absolute Gasteiger partial charge is 0.309 e. The number of nitrogens with zero attached hydrogens (tertiary/aromatic N) is 3. The highest BCUT2D eigenvalue weighted by atomic mass is 32.2. The van der Waals surface area contributed by atoms with Crippen LogP contribution in [0.5, 0.6) is 0 Å². The number of morpholine rings is 1. The zero-order valence-corrected chi connectivity index (χ0v) is 19.5. The highest BCUT2D eigenvalue weighted by Crippen LogP contribution is 2.28. The number of hydrogen-bond donors (Lipinski definition) is 0. The molecule has 0 radical (unpaired) electrons. The summed E-state index contributed by atoms with van der Waals surface area (Å²) in [5.74, 6) is -0.912. The van der Waals surface area contributed by atoms with Gasteiger partial charge in [-0.05, 0) is 47.5 Å². The van der Waals surface area contributed by atoms with Gasteiger partial charge in [0, 0.05) is 26.2 Å². The maximum absolute atomic E-state index is 12.9. The van der Waals surface area contributed by atoms with Gasteiger partial charge in [-0.3, -0.25) is 9.59 Å². The van der Waals surface area contributed by atoms with Gasteiger partial charge in [0.25, 0.3) is 5.91 Å². The Morgan fingerprint density at radius 2 is 1.71 bits per heavy atom. The fourth-order valence-corrected chi connectivity index (χ4v) is 6.00. The summed E-state index contributed by atoms with van der Waals surface area (Å²) in [7, 11) is -3.74. The van der Waals surface area contributed by atoms with Gasteiger partial charge in [-0.25, -0.2) is 8.42 Å². The van der Waals surface area contributed by atoms with Gasteiger partial charge in [0.15, 0.2) is 11.9 Å². The van der Waals surface area contributed by atoms with Gasteiger partial charge in [0.2, 0.25) is 10.0 Å². The summed E-state index contributed by atoms with van der Waals surface area (Å²) in [6.45, 7) is 9.81. The van der Waals surface area contributed by atoms with E-state index < -0.39 is 28.0 Å². The van der Waals surface area contributed by atoms with Crippen LogP contribution in [-0.2, 0) is 29.1 Å². The number of rotatable bonds is 5. The summed E-state index contributed by atoms with van der Waals surface area (Å²) < 4.78 is 43.2. The van der Waals surface area contributed by atoms with Crippen LogP contribution in [-0.4, -0.2) is 79.1 Å². The Morgan fingerprint density at radius 3 is 2.23 bits per heavy atom. The van der Waals surface area contributed by atoms with E-state index in [1.54, 1.807) is 25.7 Å². The number of aromatic nitrogens is 1. The van der Waals surface area contributed by atoms with Gasteiger partial charge in [-0.2, -0.15) is 4.31 Å². The first-order chi connectivity index (χ1) is 14.5. The van der Waals surface area contributed by atoms with Gasteiger partial charge in [-0.1, -0.05) is 5.16 Å². The fraction of sp³-hybridized carbons (Fsp3) is 0.750. The van der Waals surface area contributed by atoms with Crippen LogP contribution in [0.2, 0.25) is 0 Å². The van der Waals surface area contributed by atoms with Crippen LogP contribution in [0.3, 0.4) is 0 Å². The molecule has 0 aliphatic carbocycles. The molecule has 31 heavy (non-hydrogen) atoms. The molecule has 0 bridgehead atoms. The summed E-state index contributed by atoms with van der Waals surface area (Å²) in [4.78, 5) is 27.0. The van der Waals surface area contributed by atoms with Crippen molar-refractivity contribution in [3.8, 4) is 0 Å². The predicted octanol–water partition coefficient (Wildman–Crippen LogP) is 1.26. The first kappa shape index (κ1) is 23.7. The monoisotopic (exact) mass is 457 g/mol. The molecular formula is C20H31N3O7S. The molecule has 1 aromatic heterocycles. The van der Waals surface area contributed by atoms with E-state index in [1.807, 2.05) is 13.8 Å². The largest absolute Gasteiger partial charge is 0.452 e. The molecule has 2 aliphatic rings. The molecule has 10 nitrogen and oxygen atoms in total. The van der Waals surface area contributed by atoms with Crippen molar-refractivity contribution in [1.29, 1.82) is 0 Å². The van der Waals surface area contributed by atoms with Crippen molar-refractivity contribution in [1.82, 2.24) is 14.4 Å². The van der Waals surface area contributed by atoms with Crippen molar-refractivity contribution in [2.45, 2.75) is 70.7 Å². The molecule has 2 aliphatic heterocycles. The average Bonchev–Trinajstić information content (AvgIpc) is 3.05. The molecule has 1 aromatic rings. The van der Waals surface area contributed by atoms with Crippen LogP contribution in [0.1, 0.15) is 45.1 Å². The molecule has 1 amide bonds.